The molecule has 1 N–H and O–H groups in total. The molecule has 130 valence electrons. The monoisotopic (exact) mass is 333 g/mol. The van der Waals surface area contributed by atoms with Gasteiger partial charge in [-0.05, 0) is 86.3 Å². The maximum absolute atomic E-state index is 13.4. The lowest BCUT2D eigenvalue weighted by atomic mass is 9.49. The first-order valence-electron chi connectivity index (χ1n) is 9.17. The number of halogens is 2. The minimum atomic E-state index is -0.866. The van der Waals surface area contributed by atoms with Crippen molar-refractivity contribution in [1.82, 2.24) is 5.32 Å². The van der Waals surface area contributed by atoms with Gasteiger partial charge >= 0.3 is 0 Å². The van der Waals surface area contributed by atoms with Gasteiger partial charge in [0.1, 0.15) is 0 Å². The number of rotatable bonds is 4. The molecular formula is C20H25F2NO. The third-order valence-electron chi connectivity index (χ3n) is 6.52. The number of nitrogens with one attached hydrogen (secondary N) is 1. The molecule has 1 amide bonds. The highest BCUT2D eigenvalue weighted by Gasteiger charge is 2.51. The van der Waals surface area contributed by atoms with Crippen LogP contribution in [0, 0.1) is 34.8 Å². The van der Waals surface area contributed by atoms with Gasteiger partial charge in [0.25, 0.3) is 0 Å². The van der Waals surface area contributed by atoms with Gasteiger partial charge in [-0.1, -0.05) is 6.07 Å². The summed E-state index contributed by atoms with van der Waals surface area (Å²) in [7, 11) is 0. The second-order valence-corrected chi connectivity index (χ2v) is 8.56. The molecule has 4 aliphatic rings. The Hall–Kier alpha value is -1.45. The van der Waals surface area contributed by atoms with Crippen LogP contribution in [0.1, 0.15) is 63.5 Å². The van der Waals surface area contributed by atoms with E-state index in [1.807, 2.05) is 6.92 Å². The van der Waals surface area contributed by atoms with Crippen LogP contribution in [0.3, 0.4) is 0 Å². The van der Waals surface area contributed by atoms with Gasteiger partial charge in [-0.15, -0.1) is 0 Å². The Morgan fingerprint density at radius 2 is 1.71 bits per heavy atom. The smallest absolute Gasteiger partial charge is 0.221 e. The van der Waals surface area contributed by atoms with E-state index in [4.69, 9.17) is 0 Å². The highest BCUT2D eigenvalue weighted by molar-refractivity contribution is 5.77. The fourth-order valence-corrected chi connectivity index (χ4v) is 6.00. The van der Waals surface area contributed by atoms with Crippen molar-refractivity contribution in [3.63, 3.8) is 0 Å². The highest BCUT2D eigenvalue weighted by atomic mass is 19.2. The van der Waals surface area contributed by atoms with Crippen molar-refractivity contribution in [1.29, 1.82) is 0 Å². The fourth-order valence-electron chi connectivity index (χ4n) is 6.00. The summed E-state index contributed by atoms with van der Waals surface area (Å²) in [6.07, 6.45) is 8.29. The van der Waals surface area contributed by atoms with E-state index in [9.17, 15) is 13.6 Å². The van der Waals surface area contributed by atoms with Crippen LogP contribution in [0.5, 0.6) is 0 Å². The predicted octanol–water partition coefficient (Wildman–Crippen LogP) is 4.75. The molecule has 0 aliphatic heterocycles. The summed E-state index contributed by atoms with van der Waals surface area (Å²) in [6, 6.07) is 3.52. The summed E-state index contributed by atoms with van der Waals surface area (Å²) in [6.45, 7) is 1.82. The molecule has 0 aromatic heterocycles. The van der Waals surface area contributed by atoms with Crippen LogP contribution in [-0.2, 0) is 4.79 Å². The van der Waals surface area contributed by atoms with Crippen LogP contribution in [0.15, 0.2) is 18.2 Å². The molecule has 1 unspecified atom stereocenters. The molecule has 1 aromatic carbocycles. The topological polar surface area (TPSA) is 29.1 Å². The normalized spacial score (nSPS) is 35.0. The van der Waals surface area contributed by atoms with Gasteiger partial charge in [0, 0.05) is 6.42 Å². The van der Waals surface area contributed by atoms with Crippen molar-refractivity contribution in [2.75, 3.05) is 0 Å². The average Bonchev–Trinajstić information content (AvgIpc) is 2.47. The molecule has 0 radical (unpaired) electrons. The van der Waals surface area contributed by atoms with E-state index in [1.165, 1.54) is 50.7 Å². The van der Waals surface area contributed by atoms with Crippen LogP contribution < -0.4 is 5.32 Å². The molecule has 4 bridgehead atoms. The quantitative estimate of drug-likeness (QED) is 0.846. The van der Waals surface area contributed by atoms with E-state index in [0.717, 1.165) is 23.8 Å². The Kier molecular flexibility index (Phi) is 3.89. The molecule has 4 heteroatoms. The second kappa shape index (κ2) is 5.82. The zero-order chi connectivity index (χ0) is 16.9. The molecule has 0 spiro atoms. The summed E-state index contributed by atoms with van der Waals surface area (Å²) >= 11 is 0. The standard InChI is InChI=1S/C20H25F2NO/c1-12(16-2-3-17(21)18(22)7-16)23-19(24)11-20-8-13-4-14(9-20)6-15(5-13)10-20/h2-3,7,12-15H,4-6,8-11H2,1H3,(H,23,24). The van der Waals surface area contributed by atoms with Crippen LogP contribution in [0.25, 0.3) is 0 Å². The summed E-state index contributed by atoms with van der Waals surface area (Å²) < 4.78 is 26.4. The minimum Gasteiger partial charge on any atom is -0.350 e. The zero-order valence-electron chi connectivity index (χ0n) is 14.2. The highest BCUT2D eigenvalue weighted by Crippen LogP contribution is 2.61. The van der Waals surface area contributed by atoms with Crippen molar-refractivity contribution < 1.29 is 13.6 Å². The SMILES string of the molecule is CC(NC(=O)CC12CC3CC(CC(C3)C1)C2)c1ccc(F)c(F)c1. The molecule has 1 atom stereocenters. The van der Waals surface area contributed by atoms with Crippen LogP contribution in [0.2, 0.25) is 0 Å². The van der Waals surface area contributed by atoms with E-state index in [0.29, 0.717) is 12.0 Å². The number of hydrogen-bond donors (Lipinski definition) is 1. The van der Waals surface area contributed by atoms with Gasteiger partial charge in [0.05, 0.1) is 6.04 Å². The maximum Gasteiger partial charge on any atom is 0.221 e. The van der Waals surface area contributed by atoms with Crippen LogP contribution in [-0.4, -0.2) is 5.91 Å². The molecule has 5 rings (SSSR count). The van der Waals surface area contributed by atoms with Gasteiger partial charge in [0.2, 0.25) is 5.91 Å². The third-order valence-corrected chi connectivity index (χ3v) is 6.52. The van der Waals surface area contributed by atoms with E-state index in [1.54, 1.807) is 0 Å². The summed E-state index contributed by atoms with van der Waals surface area (Å²) in [4.78, 5) is 12.6. The van der Waals surface area contributed by atoms with Crippen LogP contribution in [0.4, 0.5) is 8.78 Å². The summed E-state index contributed by atoms with van der Waals surface area (Å²) in [5.74, 6) is 0.808. The second-order valence-electron chi connectivity index (χ2n) is 8.56. The van der Waals surface area contributed by atoms with E-state index < -0.39 is 11.6 Å². The maximum atomic E-state index is 13.4. The van der Waals surface area contributed by atoms with Gasteiger partial charge in [-0.25, -0.2) is 8.78 Å². The predicted molar refractivity (Wildman–Crippen MR) is 88.1 cm³/mol. The Balaban J connectivity index is 1.40. The van der Waals surface area contributed by atoms with Gasteiger partial charge in [-0.3, -0.25) is 4.79 Å². The van der Waals surface area contributed by atoms with Crippen molar-refractivity contribution >= 4 is 5.91 Å². The van der Waals surface area contributed by atoms with E-state index >= 15 is 0 Å². The molecule has 4 saturated carbocycles. The first-order valence-corrected chi connectivity index (χ1v) is 9.17. The number of benzene rings is 1. The molecular weight excluding hydrogens is 308 g/mol. The van der Waals surface area contributed by atoms with Gasteiger partial charge in [0.15, 0.2) is 11.6 Å². The molecule has 2 nitrogen and oxygen atoms in total. The Morgan fingerprint density at radius 3 is 2.25 bits per heavy atom. The summed E-state index contributed by atoms with van der Waals surface area (Å²) in [5, 5.41) is 2.99. The number of amides is 1. The summed E-state index contributed by atoms with van der Waals surface area (Å²) in [5.41, 5.74) is 0.805. The molecule has 0 heterocycles. The molecule has 4 fully saturated rings. The van der Waals surface area contributed by atoms with Gasteiger partial charge in [-0.2, -0.15) is 0 Å². The number of hydrogen-bond acceptors (Lipinski definition) is 1. The van der Waals surface area contributed by atoms with E-state index in [-0.39, 0.29) is 17.4 Å². The van der Waals surface area contributed by atoms with Crippen molar-refractivity contribution in [3.8, 4) is 0 Å². The first-order chi connectivity index (χ1) is 11.4. The van der Waals surface area contributed by atoms with Crippen molar-refractivity contribution in [2.45, 2.75) is 57.9 Å². The number of carbonyl (C=O) groups is 1. The molecule has 0 saturated heterocycles. The van der Waals surface area contributed by atoms with Gasteiger partial charge < -0.3 is 5.32 Å². The third kappa shape index (κ3) is 2.96. The first kappa shape index (κ1) is 16.0. The molecule has 4 aliphatic carbocycles. The Bertz CT molecular complexity index is 622. The zero-order valence-corrected chi connectivity index (χ0v) is 14.2. The molecule has 1 aromatic rings. The average molecular weight is 333 g/mol. The van der Waals surface area contributed by atoms with Crippen molar-refractivity contribution in [2.24, 2.45) is 23.2 Å². The van der Waals surface area contributed by atoms with E-state index in [2.05, 4.69) is 5.32 Å². The number of carbonyl (C=O) groups excluding carboxylic acids is 1. The lowest BCUT2D eigenvalue weighted by Crippen LogP contribution is -2.48. The fraction of sp³-hybridized carbons (Fsp3) is 0.650. The minimum absolute atomic E-state index is 0.0502. The Labute approximate surface area is 142 Å². The lowest BCUT2D eigenvalue weighted by Gasteiger charge is -2.56. The van der Waals surface area contributed by atoms with Crippen LogP contribution >= 0.6 is 0 Å². The Morgan fingerprint density at radius 1 is 1.12 bits per heavy atom. The lowest BCUT2D eigenvalue weighted by molar-refractivity contribution is -0.130. The largest absolute Gasteiger partial charge is 0.350 e. The molecule has 24 heavy (non-hydrogen) atoms. The van der Waals surface area contributed by atoms with Crippen molar-refractivity contribution in [3.05, 3.63) is 35.4 Å².